The van der Waals surface area contributed by atoms with E-state index < -0.39 is 17.6 Å². The summed E-state index contributed by atoms with van der Waals surface area (Å²) < 4.78 is 13.9. The van der Waals surface area contributed by atoms with Gasteiger partial charge in [0.15, 0.2) is 0 Å². The molecule has 0 saturated carbocycles. The van der Waals surface area contributed by atoms with Gasteiger partial charge in [-0.3, -0.25) is 14.4 Å². The lowest BCUT2D eigenvalue weighted by molar-refractivity contribution is -0.118. The molecule has 1 saturated heterocycles. The monoisotopic (exact) mass is 364 g/mol. The number of nitrogens with two attached hydrogens (primary N) is 1. The number of carbonyl (C=O) groups excluding carboxylic acids is 3. The van der Waals surface area contributed by atoms with Gasteiger partial charge in [-0.15, -0.1) is 0 Å². The molecule has 0 aromatic heterocycles. The number of amides is 3. The number of halogens is 1. The fraction of sp³-hybridized carbons (Fsp3) is 0.500. The zero-order chi connectivity index (χ0) is 18.9. The standard InChI is InChI=1S/C18H25FN4O3/c19-14-3-2-13(18(26)22-10-7-16(20)24)11-15(14)23-17(25)4-1-12-5-8-21-9-6-12/h2-3,11-12,21H,1,4-10H2,(H2,20,24)(H,22,26)(H,23,25). The number of anilines is 1. The Labute approximate surface area is 151 Å². The second-order valence-corrected chi connectivity index (χ2v) is 6.45. The maximum absolute atomic E-state index is 13.9. The molecule has 0 spiro atoms. The number of rotatable bonds is 8. The highest BCUT2D eigenvalue weighted by molar-refractivity contribution is 5.97. The highest BCUT2D eigenvalue weighted by Gasteiger charge is 2.16. The minimum atomic E-state index is -0.603. The van der Waals surface area contributed by atoms with Crippen molar-refractivity contribution in [3.8, 4) is 0 Å². The minimum Gasteiger partial charge on any atom is -0.370 e. The van der Waals surface area contributed by atoms with Crippen LogP contribution in [-0.2, 0) is 9.59 Å². The van der Waals surface area contributed by atoms with Crippen LogP contribution in [0.25, 0.3) is 0 Å². The molecular weight excluding hydrogens is 339 g/mol. The molecule has 1 aromatic carbocycles. The zero-order valence-corrected chi connectivity index (χ0v) is 14.6. The number of hydrogen-bond donors (Lipinski definition) is 4. The highest BCUT2D eigenvalue weighted by Crippen LogP contribution is 2.20. The van der Waals surface area contributed by atoms with Crippen molar-refractivity contribution in [1.82, 2.24) is 10.6 Å². The Balaban J connectivity index is 1.88. The van der Waals surface area contributed by atoms with Gasteiger partial charge in [0.2, 0.25) is 11.8 Å². The molecule has 1 heterocycles. The summed E-state index contributed by atoms with van der Waals surface area (Å²) in [4.78, 5) is 34.8. The van der Waals surface area contributed by atoms with Gasteiger partial charge in [0.25, 0.3) is 5.91 Å². The SMILES string of the molecule is NC(=O)CCNC(=O)c1ccc(F)c(NC(=O)CCC2CCNCC2)c1. The molecule has 5 N–H and O–H groups in total. The van der Waals surface area contributed by atoms with E-state index in [2.05, 4.69) is 16.0 Å². The predicted octanol–water partition coefficient (Wildman–Crippen LogP) is 1.15. The first-order valence-corrected chi connectivity index (χ1v) is 8.82. The van der Waals surface area contributed by atoms with Crippen molar-refractivity contribution in [2.24, 2.45) is 11.7 Å². The van der Waals surface area contributed by atoms with Crippen molar-refractivity contribution >= 4 is 23.4 Å². The van der Waals surface area contributed by atoms with E-state index in [4.69, 9.17) is 5.73 Å². The Bertz CT molecular complexity index is 660. The van der Waals surface area contributed by atoms with Gasteiger partial charge >= 0.3 is 0 Å². The van der Waals surface area contributed by atoms with Crippen LogP contribution >= 0.6 is 0 Å². The summed E-state index contributed by atoms with van der Waals surface area (Å²) in [5, 5.41) is 8.33. The lowest BCUT2D eigenvalue weighted by atomic mass is 9.93. The van der Waals surface area contributed by atoms with E-state index in [1.54, 1.807) is 0 Å². The largest absolute Gasteiger partial charge is 0.370 e. The van der Waals surface area contributed by atoms with Crippen LogP contribution in [0.4, 0.5) is 10.1 Å². The Hall–Kier alpha value is -2.48. The first-order chi connectivity index (χ1) is 12.5. The van der Waals surface area contributed by atoms with Gasteiger partial charge in [0.1, 0.15) is 5.82 Å². The number of hydrogen-bond acceptors (Lipinski definition) is 4. The number of carbonyl (C=O) groups is 3. The Kier molecular flexibility index (Phi) is 7.53. The van der Waals surface area contributed by atoms with Gasteiger partial charge in [-0.05, 0) is 56.5 Å². The van der Waals surface area contributed by atoms with Crippen LogP contribution in [0.5, 0.6) is 0 Å². The number of nitrogens with one attached hydrogen (secondary N) is 3. The van der Waals surface area contributed by atoms with Crippen LogP contribution in [0, 0.1) is 11.7 Å². The first kappa shape index (κ1) is 19.8. The van der Waals surface area contributed by atoms with Crippen LogP contribution in [0.3, 0.4) is 0 Å². The molecule has 1 aromatic rings. The third-order valence-corrected chi connectivity index (χ3v) is 4.40. The summed E-state index contributed by atoms with van der Waals surface area (Å²) >= 11 is 0. The molecule has 3 amide bonds. The summed E-state index contributed by atoms with van der Waals surface area (Å²) in [5.74, 6) is -1.35. The van der Waals surface area contributed by atoms with Crippen LogP contribution in [-0.4, -0.2) is 37.4 Å². The molecule has 1 aliphatic rings. The van der Waals surface area contributed by atoms with E-state index in [0.717, 1.165) is 38.4 Å². The average Bonchev–Trinajstić information content (AvgIpc) is 2.62. The summed E-state index contributed by atoms with van der Waals surface area (Å²) in [5.41, 5.74) is 5.18. The second kappa shape index (κ2) is 9.86. The maximum Gasteiger partial charge on any atom is 0.251 e. The Morgan fingerprint density at radius 3 is 2.62 bits per heavy atom. The second-order valence-electron chi connectivity index (χ2n) is 6.45. The molecule has 1 aliphatic heterocycles. The van der Waals surface area contributed by atoms with Gasteiger partial charge in [-0.1, -0.05) is 0 Å². The van der Waals surface area contributed by atoms with E-state index >= 15 is 0 Å². The van der Waals surface area contributed by atoms with Gasteiger partial charge in [0.05, 0.1) is 5.69 Å². The Morgan fingerprint density at radius 2 is 1.92 bits per heavy atom. The lowest BCUT2D eigenvalue weighted by Crippen LogP contribution is -2.28. The topological polar surface area (TPSA) is 113 Å². The van der Waals surface area contributed by atoms with Crippen molar-refractivity contribution in [3.63, 3.8) is 0 Å². The molecule has 26 heavy (non-hydrogen) atoms. The van der Waals surface area contributed by atoms with E-state index in [1.807, 2.05) is 0 Å². The molecule has 1 fully saturated rings. The van der Waals surface area contributed by atoms with Crippen molar-refractivity contribution in [2.45, 2.75) is 32.1 Å². The summed E-state index contributed by atoms with van der Waals surface area (Å²) in [6.45, 7) is 2.03. The van der Waals surface area contributed by atoms with Gasteiger partial charge < -0.3 is 21.7 Å². The van der Waals surface area contributed by atoms with Crippen molar-refractivity contribution in [1.29, 1.82) is 0 Å². The molecular formula is C18H25FN4O3. The van der Waals surface area contributed by atoms with E-state index in [0.29, 0.717) is 12.3 Å². The quantitative estimate of drug-likeness (QED) is 0.554. The van der Waals surface area contributed by atoms with Crippen LogP contribution < -0.4 is 21.7 Å². The van der Waals surface area contributed by atoms with Crippen molar-refractivity contribution < 1.29 is 18.8 Å². The highest BCUT2D eigenvalue weighted by atomic mass is 19.1. The number of primary amides is 1. The normalized spacial score (nSPS) is 14.7. The van der Waals surface area contributed by atoms with Gasteiger partial charge in [0, 0.05) is 24.9 Å². The predicted molar refractivity (Wildman–Crippen MR) is 96.0 cm³/mol. The van der Waals surface area contributed by atoms with Crippen LogP contribution in [0.15, 0.2) is 18.2 Å². The molecule has 0 unspecified atom stereocenters. The smallest absolute Gasteiger partial charge is 0.251 e. The molecule has 7 nitrogen and oxygen atoms in total. The average molecular weight is 364 g/mol. The lowest BCUT2D eigenvalue weighted by Gasteiger charge is -2.22. The summed E-state index contributed by atoms with van der Waals surface area (Å²) in [6, 6.07) is 3.74. The fourth-order valence-corrected chi connectivity index (χ4v) is 2.88. The van der Waals surface area contributed by atoms with Crippen molar-refractivity contribution in [3.05, 3.63) is 29.6 Å². The van der Waals surface area contributed by atoms with E-state index in [1.165, 1.54) is 12.1 Å². The Morgan fingerprint density at radius 1 is 1.19 bits per heavy atom. The molecule has 0 aliphatic carbocycles. The summed E-state index contributed by atoms with van der Waals surface area (Å²) in [7, 11) is 0. The third kappa shape index (κ3) is 6.44. The molecule has 0 radical (unpaired) electrons. The molecule has 142 valence electrons. The van der Waals surface area contributed by atoms with E-state index in [-0.39, 0.29) is 30.1 Å². The van der Waals surface area contributed by atoms with Gasteiger partial charge in [-0.25, -0.2) is 4.39 Å². The van der Waals surface area contributed by atoms with Crippen molar-refractivity contribution in [2.75, 3.05) is 25.0 Å². The molecule has 0 bridgehead atoms. The summed E-state index contributed by atoms with van der Waals surface area (Å²) in [6.07, 6.45) is 3.19. The number of benzene rings is 1. The van der Waals surface area contributed by atoms with Gasteiger partial charge in [-0.2, -0.15) is 0 Å². The van der Waals surface area contributed by atoms with E-state index in [9.17, 15) is 18.8 Å². The number of piperidine rings is 1. The molecule has 0 atom stereocenters. The molecule has 8 heteroatoms. The first-order valence-electron chi connectivity index (χ1n) is 8.82. The zero-order valence-electron chi connectivity index (χ0n) is 14.6. The van der Waals surface area contributed by atoms with Crippen LogP contribution in [0.2, 0.25) is 0 Å². The molecule has 2 rings (SSSR count). The fourth-order valence-electron chi connectivity index (χ4n) is 2.88. The minimum absolute atomic E-state index is 0.0210. The van der Waals surface area contributed by atoms with Crippen LogP contribution in [0.1, 0.15) is 42.5 Å². The third-order valence-electron chi connectivity index (χ3n) is 4.40. The maximum atomic E-state index is 13.9.